The molecule has 1 radical (unpaired) electrons. The Morgan fingerprint density at radius 2 is 1.43 bits per heavy atom. The summed E-state index contributed by atoms with van der Waals surface area (Å²) in [5.74, 6) is 0. The van der Waals surface area contributed by atoms with Crippen molar-refractivity contribution in [1.29, 1.82) is 0 Å². The SMILES string of the molecule is [CH2]CCCC(=C)CCCCCCCC. The second kappa shape index (κ2) is 10.8. The van der Waals surface area contributed by atoms with Crippen molar-refractivity contribution in [3.63, 3.8) is 0 Å². The van der Waals surface area contributed by atoms with Gasteiger partial charge in [0.25, 0.3) is 0 Å². The van der Waals surface area contributed by atoms with E-state index in [9.17, 15) is 0 Å². The molecule has 0 spiro atoms. The van der Waals surface area contributed by atoms with Crippen LogP contribution in [0.25, 0.3) is 0 Å². The Hall–Kier alpha value is -0.260. The monoisotopic (exact) mass is 195 g/mol. The Kier molecular flexibility index (Phi) is 10.6. The lowest BCUT2D eigenvalue weighted by molar-refractivity contribution is 0.600. The maximum Gasteiger partial charge on any atom is -0.0323 e. The minimum absolute atomic E-state index is 1.05. The Morgan fingerprint density at radius 3 is 2.07 bits per heavy atom. The first kappa shape index (κ1) is 13.7. The van der Waals surface area contributed by atoms with Gasteiger partial charge >= 0.3 is 0 Å². The van der Waals surface area contributed by atoms with Gasteiger partial charge in [-0.3, -0.25) is 0 Å². The van der Waals surface area contributed by atoms with E-state index in [-0.39, 0.29) is 0 Å². The van der Waals surface area contributed by atoms with E-state index in [2.05, 4.69) is 20.4 Å². The summed E-state index contributed by atoms with van der Waals surface area (Å²) in [5, 5.41) is 0. The van der Waals surface area contributed by atoms with Gasteiger partial charge in [-0.05, 0) is 25.7 Å². The fourth-order valence-corrected chi connectivity index (χ4v) is 1.66. The number of unbranched alkanes of at least 4 members (excludes halogenated alkanes) is 6. The third-order valence-corrected chi connectivity index (χ3v) is 2.66. The van der Waals surface area contributed by atoms with Crippen LogP contribution in [0.3, 0.4) is 0 Å². The molecule has 0 bridgehead atoms. The van der Waals surface area contributed by atoms with Crippen LogP contribution in [0.1, 0.15) is 71.1 Å². The maximum absolute atomic E-state index is 4.10. The lowest BCUT2D eigenvalue weighted by Crippen LogP contribution is -1.84. The Labute approximate surface area is 90.8 Å². The average molecular weight is 195 g/mol. The zero-order chi connectivity index (χ0) is 10.6. The van der Waals surface area contributed by atoms with E-state index < -0.39 is 0 Å². The molecule has 0 amide bonds. The van der Waals surface area contributed by atoms with Crippen molar-refractivity contribution < 1.29 is 0 Å². The smallest absolute Gasteiger partial charge is 0.0323 e. The van der Waals surface area contributed by atoms with Crippen molar-refractivity contribution in [1.82, 2.24) is 0 Å². The average Bonchev–Trinajstić information content (AvgIpc) is 2.20. The molecule has 0 saturated heterocycles. The van der Waals surface area contributed by atoms with Crippen molar-refractivity contribution in [3.8, 4) is 0 Å². The lowest BCUT2D eigenvalue weighted by atomic mass is 10.0. The van der Waals surface area contributed by atoms with Gasteiger partial charge in [0, 0.05) is 0 Å². The minimum atomic E-state index is 1.05. The fourth-order valence-electron chi connectivity index (χ4n) is 1.66. The predicted octanol–water partition coefficient (Wildman–Crippen LogP) is 5.30. The topological polar surface area (TPSA) is 0 Å². The zero-order valence-corrected chi connectivity index (χ0v) is 9.99. The largest absolute Gasteiger partial charge is 0.0999 e. The fraction of sp³-hybridized carbons (Fsp3) is 0.786. The van der Waals surface area contributed by atoms with Crippen molar-refractivity contribution in [3.05, 3.63) is 19.1 Å². The van der Waals surface area contributed by atoms with Crippen LogP contribution in [-0.4, -0.2) is 0 Å². The number of rotatable bonds is 10. The molecular weight excluding hydrogens is 168 g/mol. The molecule has 0 aliphatic rings. The van der Waals surface area contributed by atoms with Gasteiger partial charge in [0.1, 0.15) is 0 Å². The standard InChI is InChI=1S/C14H27/c1-4-6-8-9-10-11-13-14(3)12-7-5-2/h2-13H2,1H3. The number of allylic oxidation sites excluding steroid dienone is 1. The first-order valence-corrected chi connectivity index (χ1v) is 6.27. The van der Waals surface area contributed by atoms with E-state index in [1.54, 1.807) is 0 Å². The van der Waals surface area contributed by atoms with Crippen LogP contribution in [0.4, 0.5) is 0 Å². The molecule has 0 nitrogen and oxygen atoms in total. The quantitative estimate of drug-likeness (QED) is 0.328. The van der Waals surface area contributed by atoms with Gasteiger partial charge in [0.2, 0.25) is 0 Å². The first-order valence-electron chi connectivity index (χ1n) is 6.27. The number of hydrogen-bond donors (Lipinski definition) is 0. The maximum atomic E-state index is 4.10. The van der Waals surface area contributed by atoms with Crippen LogP contribution < -0.4 is 0 Å². The normalized spacial score (nSPS) is 10.4. The summed E-state index contributed by atoms with van der Waals surface area (Å²) in [7, 11) is 0. The van der Waals surface area contributed by atoms with Crippen LogP contribution in [-0.2, 0) is 0 Å². The summed E-state index contributed by atoms with van der Waals surface area (Å²) in [6.07, 6.45) is 13.0. The molecule has 0 fully saturated rings. The van der Waals surface area contributed by atoms with Crippen LogP contribution in [0.15, 0.2) is 12.2 Å². The van der Waals surface area contributed by atoms with Gasteiger partial charge in [-0.15, -0.1) is 0 Å². The molecule has 0 N–H and O–H groups in total. The molecule has 0 aromatic rings. The second-order valence-electron chi connectivity index (χ2n) is 4.22. The Bertz CT molecular complexity index is 124. The molecule has 0 rings (SSSR count). The Morgan fingerprint density at radius 1 is 0.857 bits per heavy atom. The van der Waals surface area contributed by atoms with E-state index >= 15 is 0 Å². The third kappa shape index (κ3) is 9.83. The summed E-state index contributed by atoms with van der Waals surface area (Å²) >= 11 is 0. The van der Waals surface area contributed by atoms with Gasteiger partial charge in [-0.25, -0.2) is 0 Å². The molecule has 0 atom stereocenters. The molecule has 0 heteroatoms. The van der Waals surface area contributed by atoms with E-state index in [1.807, 2.05) is 0 Å². The molecule has 0 aliphatic heterocycles. The van der Waals surface area contributed by atoms with Crippen LogP contribution in [0, 0.1) is 6.92 Å². The van der Waals surface area contributed by atoms with Gasteiger partial charge in [0.15, 0.2) is 0 Å². The van der Waals surface area contributed by atoms with Gasteiger partial charge < -0.3 is 0 Å². The summed E-state index contributed by atoms with van der Waals surface area (Å²) in [6.45, 7) is 10.2. The molecular formula is C14H27. The van der Waals surface area contributed by atoms with Gasteiger partial charge in [-0.1, -0.05) is 64.5 Å². The molecule has 0 aromatic carbocycles. The van der Waals surface area contributed by atoms with Crippen molar-refractivity contribution in [2.75, 3.05) is 0 Å². The molecule has 0 unspecified atom stereocenters. The van der Waals surface area contributed by atoms with Crippen molar-refractivity contribution in [2.24, 2.45) is 0 Å². The molecule has 83 valence electrons. The molecule has 0 heterocycles. The summed E-state index contributed by atoms with van der Waals surface area (Å²) in [5.41, 5.74) is 1.43. The summed E-state index contributed by atoms with van der Waals surface area (Å²) in [6, 6.07) is 0. The minimum Gasteiger partial charge on any atom is -0.0999 e. The first-order chi connectivity index (χ1) is 6.81. The van der Waals surface area contributed by atoms with Gasteiger partial charge in [-0.2, -0.15) is 0 Å². The third-order valence-electron chi connectivity index (χ3n) is 2.66. The number of hydrogen-bond acceptors (Lipinski definition) is 0. The lowest BCUT2D eigenvalue weighted by Gasteiger charge is -2.04. The van der Waals surface area contributed by atoms with Crippen molar-refractivity contribution >= 4 is 0 Å². The summed E-state index contributed by atoms with van der Waals surface area (Å²) < 4.78 is 0. The molecule has 14 heavy (non-hydrogen) atoms. The molecule has 0 aromatic heterocycles. The predicted molar refractivity (Wildman–Crippen MR) is 66.3 cm³/mol. The highest BCUT2D eigenvalue weighted by molar-refractivity contribution is 4.93. The van der Waals surface area contributed by atoms with E-state index in [0.29, 0.717) is 0 Å². The molecule has 0 saturated carbocycles. The van der Waals surface area contributed by atoms with Crippen LogP contribution >= 0.6 is 0 Å². The second-order valence-corrected chi connectivity index (χ2v) is 4.22. The van der Waals surface area contributed by atoms with Crippen molar-refractivity contribution in [2.45, 2.75) is 71.1 Å². The zero-order valence-electron chi connectivity index (χ0n) is 9.99. The highest BCUT2D eigenvalue weighted by atomic mass is 14.0. The van der Waals surface area contributed by atoms with E-state index in [0.717, 1.165) is 6.42 Å². The highest BCUT2D eigenvalue weighted by Crippen LogP contribution is 2.14. The highest BCUT2D eigenvalue weighted by Gasteiger charge is 1.94. The van der Waals surface area contributed by atoms with E-state index in [4.69, 9.17) is 0 Å². The Balaban J connectivity index is 3.07. The van der Waals surface area contributed by atoms with E-state index in [1.165, 1.54) is 63.4 Å². The van der Waals surface area contributed by atoms with Crippen LogP contribution in [0.2, 0.25) is 0 Å². The van der Waals surface area contributed by atoms with Crippen LogP contribution in [0.5, 0.6) is 0 Å². The molecule has 0 aliphatic carbocycles. The van der Waals surface area contributed by atoms with Gasteiger partial charge in [0.05, 0.1) is 0 Å². The summed E-state index contributed by atoms with van der Waals surface area (Å²) in [4.78, 5) is 0.